The molecule has 0 saturated carbocycles. The molecule has 4 N–H and O–H groups in total. The van der Waals surface area contributed by atoms with Crippen LogP contribution in [0, 0.1) is 0 Å². The first-order valence-corrected chi connectivity index (χ1v) is 5.20. The Balaban J connectivity index is 2.67. The zero-order valence-corrected chi connectivity index (χ0v) is 9.07. The van der Waals surface area contributed by atoms with Gasteiger partial charge in [-0.25, -0.2) is 0 Å². The molecule has 1 aromatic heterocycles. The average Bonchev–Trinajstić information content (AvgIpc) is 2.54. The van der Waals surface area contributed by atoms with Crippen LogP contribution in [0.2, 0.25) is 0 Å². The van der Waals surface area contributed by atoms with Crippen molar-refractivity contribution in [1.29, 1.82) is 0 Å². The fourth-order valence-electron chi connectivity index (χ4n) is 2.37. The van der Waals surface area contributed by atoms with Crippen molar-refractivity contribution in [3.05, 3.63) is 36.4 Å². The molecule has 0 aliphatic heterocycles. The molecule has 3 nitrogen and oxygen atoms in total. The van der Waals surface area contributed by atoms with E-state index >= 15 is 0 Å². The lowest BCUT2D eigenvalue weighted by molar-refractivity contribution is 1.02. The molecule has 3 heteroatoms. The van der Waals surface area contributed by atoms with Crippen LogP contribution in [0.25, 0.3) is 21.8 Å². The maximum absolute atomic E-state index is 6.02. The number of fused-ring (bicyclic) bond motifs is 3. The third-order valence-corrected chi connectivity index (χ3v) is 3.05. The van der Waals surface area contributed by atoms with E-state index in [0.717, 1.165) is 16.6 Å². The predicted octanol–water partition coefficient (Wildman–Crippen LogP) is 2.50. The number of aromatic nitrogens is 1. The van der Waals surface area contributed by atoms with Gasteiger partial charge >= 0.3 is 0 Å². The molecular weight excluding hydrogens is 198 g/mol. The van der Waals surface area contributed by atoms with Crippen LogP contribution in [0.5, 0.6) is 0 Å². The highest BCUT2D eigenvalue weighted by Crippen LogP contribution is 2.33. The van der Waals surface area contributed by atoms with E-state index in [1.165, 1.54) is 10.9 Å². The van der Waals surface area contributed by atoms with Gasteiger partial charge in [0, 0.05) is 29.0 Å². The van der Waals surface area contributed by atoms with Gasteiger partial charge in [-0.15, -0.1) is 0 Å². The van der Waals surface area contributed by atoms with Gasteiger partial charge in [-0.1, -0.05) is 18.2 Å². The van der Waals surface area contributed by atoms with Gasteiger partial charge < -0.3 is 16.0 Å². The molecule has 0 unspecified atom stereocenters. The van der Waals surface area contributed by atoms with Crippen molar-refractivity contribution in [3.63, 3.8) is 0 Å². The van der Waals surface area contributed by atoms with Gasteiger partial charge in [0.15, 0.2) is 0 Å². The average molecular weight is 211 g/mol. The molecule has 0 spiro atoms. The third kappa shape index (κ3) is 1.03. The number of nitrogens with zero attached hydrogens (tertiary/aromatic N) is 1. The molecule has 0 saturated heterocycles. The van der Waals surface area contributed by atoms with Crippen LogP contribution in [0.4, 0.5) is 11.4 Å². The zero-order chi connectivity index (χ0) is 11.3. The van der Waals surface area contributed by atoms with Crippen molar-refractivity contribution in [2.45, 2.75) is 0 Å². The van der Waals surface area contributed by atoms with Gasteiger partial charge in [0.2, 0.25) is 0 Å². The number of aryl methyl sites for hydroxylation is 1. The van der Waals surface area contributed by atoms with Crippen LogP contribution in [0.15, 0.2) is 36.4 Å². The first kappa shape index (κ1) is 9.09. The number of anilines is 2. The molecule has 0 fully saturated rings. The smallest absolute Gasteiger partial charge is 0.0723 e. The van der Waals surface area contributed by atoms with E-state index in [1.807, 2.05) is 25.2 Å². The second-order valence-corrected chi connectivity index (χ2v) is 4.08. The lowest BCUT2D eigenvalue weighted by atomic mass is 10.1. The van der Waals surface area contributed by atoms with Crippen LogP contribution in [-0.2, 0) is 7.05 Å². The second kappa shape index (κ2) is 2.92. The number of nitrogens with two attached hydrogens (primary N) is 2. The van der Waals surface area contributed by atoms with Crippen LogP contribution in [-0.4, -0.2) is 4.57 Å². The van der Waals surface area contributed by atoms with E-state index in [4.69, 9.17) is 11.5 Å². The zero-order valence-electron chi connectivity index (χ0n) is 9.07. The summed E-state index contributed by atoms with van der Waals surface area (Å²) in [6.45, 7) is 0. The number of rotatable bonds is 0. The standard InChI is InChI=1S/C13H13N3/c1-16-12-5-3-2-4-9(12)10-6-8(14)7-11(15)13(10)16/h2-7H,14-15H2,1H3. The summed E-state index contributed by atoms with van der Waals surface area (Å²) in [6, 6.07) is 12.0. The van der Waals surface area contributed by atoms with E-state index in [-0.39, 0.29) is 0 Å². The third-order valence-electron chi connectivity index (χ3n) is 3.05. The molecule has 0 aliphatic carbocycles. The highest BCUT2D eigenvalue weighted by Gasteiger charge is 2.10. The Kier molecular flexibility index (Phi) is 1.66. The number of hydrogen-bond donors (Lipinski definition) is 2. The molecule has 16 heavy (non-hydrogen) atoms. The SMILES string of the molecule is Cn1c2ccccc2c2cc(N)cc(N)c21. The van der Waals surface area contributed by atoms with E-state index in [2.05, 4.69) is 16.7 Å². The Labute approximate surface area is 93.3 Å². The number of para-hydroxylation sites is 1. The normalized spacial score (nSPS) is 11.3. The van der Waals surface area contributed by atoms with Gasteiger partial charge in [0.05, 0.1) is 11.2 Å². The van der Waals surface area contributed by atoms with Gasteiger partial charge in [-0.2, -0.15) is 0 Å². The van der Waals surface area contributed by atoms with Crippen LogP contribution >= 0.6 is 0 Å². The Morgan fingerprint density at radius 2 is 1.75 bits per heavy atom. The fourth-order valence-corrected chi connectivity index (χ4v) is 2.37. The minimum Gasteiger partial charge on any atom is -0.399 e. The highest BCUT2D eigenvalue weighted by atomic mass is 14.9. The van der Waals surface area contributed by atoms with Gasteiger partial charge in [-0.3, -0.25) is 0 Å². The molecule has 0 aliphatic rings. The molecule has 1 heterocycles. The van der Waals surface area contributed by atoms with Gasteiger partial charge in [-0.05, 0) is 18.2 Å². The summed E-state index contributed by atoms with van der Waals surface area (Å²) in [7, 11) is 2.03. The summed E-state index contributed by atoms with van der Waals surface area (Å²) < 4.78 is 2.11. The summed E-state index contributed by atoms with van der Waals surface area (Å²) in [6.07, 6.45) is 0. The van der Waals surface area contributed by atoms with E-state index in [9.17, 15) is 0 Å². The van der Waals surface area contributed by atoms with Crippen molar-refractivity contribution >= 4 is 33.2 Å². The summed E-state index contributed by atoms with van der Waals surface area (Å²) in [4.78, 5) is 0. The Morgan fingerprint density at radius 1 is 1.00 bits per heavy atom. The summed E-state index contributed by atoms with van der Waals surface area (Å²) in [5.41, 5.74) is 15.5. The van der Waals surface area contributed by atoms with Gasteiger partial charge in [0.25, 0.3) is 0 Å². The second-order valence-electron chi connectivity index (χ2n) is 4.08. The molecule has 80 valence electrons. The van der Waals surface area contributed by atoms with Crippen molar-refractivity contribution in [3.8, 4) is 0 Å². The monoisotopic (exact) mass is 211 g/mol. The summed E-state index contributed by atoms with van der Waals surface area (Å²) in [5, 5.41) is 2.31. The minimum absolute atomic E-state index is 0.710. The summed E-state index contributed by atoms with van der Waals surface area (Å²) >= 11 is 0. The molecular formula is C13H13N3. The molecule has 2 aromatic carbocycles. The summed E-state index contributed by atoms with van der Waals surface area (Å²) in [5.74, 6) is 0. The van der Waals surface area contributed by atoms with E-state index in [1.54, 1.807) is 6.07 Å². The maximum Gasteiger partial charge on any atom is 0.0723 e. The van der Waals surface area contributed by atoms with Crippen molar-refractivity contribution in [2.75, 3.05) is 11.5 Å². The molecule has 3 rings (SSSR count). The van der Waals surface area contributed by atoms with Crippen molar-refractivity contribution in [2.24, 2.45) is 7.05 Å². The lowest BCUT2D eigenvalue weighted by Gasteiger charge is -2.02. The minimum atomic E-state index is 0.710. The van der Waals surface area contributed by atoms with Crippen molar-refractivity contribution in [1.82, 2.24) is 4.57 Å². The van der Waals surface area contributed by atoms with Gasteiger partial charge in [0.1, 0.15) is 0 Å². The molecule has 0 radical (unpaired) electrons. The topological polar surface area (TPSA) is 57.0 Å². The molecule has 3 aromatic rings. The first-order valence-electron chi connectivity index (χ1n) is 5.20. The van der Waals surface area contributed by atoms with E-state index in [0.29, 0.717) is 5.69 Å². The highest BCUT2D eigenvalue weighted by molar-refractivity contribution is 6.12. The number of benzene rings is 2. The lowest BCUT2D eigenvalue weighted by Crippen LogP contribution is -1.94. The number of hydrogen-bond acceptors (Lipinski definition) is 2. The Morgan fingerprint density at radius 3 is 2.56 bits per heavy atom. The quantitative estimate of drug-likeness (QED) is 0.561. The molecule has 0 amide bonds. The van der Waals surface area contributed by atoms with Crippen molar-refractivity contribution < 1.29 is 0 Å². The first-order chi connectivity index (χ1) is 7.68. The van der Waals surface area contributed by atoms with E-state index < -0.39 is 0 Å². The Hall–Kier alpha value is -2.16. The number of nitrogen functional groups attached to an aromatic ring is 2. The van der Waals surface area contributed by atoms with Crippen LogP contribution in [0.3, 0.4) is 0 Å². The van der Waals surface area contributed by atoms with Crippen LogP contribution in [0.1, 0.15) is 0 Å². The molecule has 0 bridgehead atoms. The maximum atomic E-state index is 6.02. The fraction of sp³-hybridized carbons (Fsp3) is 0.0769. The molecule has 0 atom stereocenters. The predicted molar refractivity (Wildman–Crippen MR) is 69.2 cm³/mol. The largest absolute Gasteiger partial charge is 0.399 e. The van der Waals surface area contributed by atoms with Crippen LogP contribution < -0.4 is 11.5 Å². The Bertz CT molecular complexity index is 695.